The fourth-order valence-corrected chi connectivity index (χ4v) is 7.51. The lowest BCUT2D eigenvalue weighted by molar-refractivity contribution is 0.148. The molecular weight excluding hydrogens is 561 g/mol. The van der Waals surface area contributed by atoms with Gasteiger partial charge < -0.3 is 10.2 Å². The molecule has 0 bridgehead atoms. The Labute approximate surface area is 252 Å². The summed E-state index contributed by atoms with van der Waals surface area (Å²) in [5.41, 5.74) is 6.53. The van der Waals surface area contributed by atoms with Gasteiger partial charge in [0.15, 0.2) is 0 Å². The average molecular weight is 594 g/mol. The van der Waals surface area contributed by atoms with Gasteiger partial charge >= 0.3 is 0 Å². The topological polar surface area (TPSA) is 79.9 Å². The molecule has 0 unspecified atom stereocenters. The van der Waals surface area contributed by atoms with Crippen LogP contribution in [0, 0.1) is 5.82 Å². The van der Waals surface area contributed by atoms with Gasteiger partial charge in [-0.05, 0) is 61.3 Å². The average Bonchev–Trinajstić information content (AvgIpc) is 3.72. The summed E-state index contributed by atoms with van der Waals surface area (Å²) in [6.07, 6.45) is 7.56. The Bertz CT molecular complexity index is 1950. The molecule has 0 radical (unpaired) electrons. The van der Waals surface area contributed by atoms with Gasteiger partial charge in [0.25, 0.3) is 0 Å². The van der Waals surface area contributed by atoms with Crippen molar-refractivity contribution in [2.75, 3.05) is 45.1 Å². The molecule has 0 saturated carbocycles. The highest BCUT2D eigenvalue weighted by atomic mass is 32.1. The zero-order valence-electron chi connectivity index (χ0n) is 24.0. The van der Waals surface area contributed by atoms with E-state index in [-0.39, 0.29) is 5.82 Å². The van der Waals surface area contributed by atoms with E-state index in [0.717, 1.165) is 90.3 Å². The van der Waals surface area contributed by atoms with Crippen molar-refractivity contribution in [1.29, 1.82) is 0 Å². The molecule has 0 spiro atoms. The number of hydrogen-bond donors (Lipinski definition) is 1. The maximum absolute atomic E-state index is 13.7. The first-order valence-corrected chi connectivity index (χ1v) is 15.6. The number of aromatic nitrogens is 6. The Hall–Kier alpha value is -4.19. The number of anilines is 2. The van der Waals surface area contributed by atoms with Crippen molar-refractivity contribution >= 4 is 44.0 Å². The van der Waals surface area contributed by atoms with Gasteiger partial charge in [0.1, 0.15) is 22.8 Å². The van der Waals surface area contributed by atoms with Crippen molar-refractivity contribution in [3.8, 4) is 10.4 Å². The predicted octanol–water partition coefficient (Wildman–Crippen LogP) is 5.18. The maximum Gasteiger partial charge on any atom is 0.142 e. The zero-order valence-corrected chi connectivity index (χ0v) is 24.8. The van der Waals surface area contributed by atoms with Crippen molar-refractivity contribution in [3.05, 3.63) is 83.8 Å². The number of nitrogens with one attached hydrogen (secondary N) is 1. The molecule has 1 N–H and O–H groups in total. The molecule has 43 heavy (non-hydrogen) atoms. The third-order valence-electron chi connectivity index (χ3n) is 8.65. The van der Waals surface area contributed by atoms with E-state index in [0.29, 0.717) is 6.54 Å². The number of hydrogen-bond acceptors (Lipinski definition) is 8. The van der Waals surface area contributed by atoms with Gasteiger partial charge in [-0.1, -0.05) is 12.1 Å². The molecule has 9 nitrogen and oxygen atoms in total. The maximum atomic E-state index is 13.7. The van der Waals surface area contributed by atoms with E-state index in [1.165, 1.54) is 27.8 Å². The van der Waals surface area contributed by atoms with E-state index >= 15 is 0 Å². The molecule has 8 rings (SSSR count). The van der Waals surface area contributed by atoms with Gasteiger partial charge in [-0.3, -0.25) is 14.3 Å². The molecule has 1 saturated heterocycles. The lowest BCUT2D eigenvalue weighted by Gasteiger charge is -2.32. The fourth-order valence-electron chi connectivity index (χ4n) is 6.29. The van der Waals surface area contributed by atoms with Crippen molar-refractivity contribution in [2.24, 2.45) is 0 Å². The molecule has 2 aromatic carbocycles. The third-order valence-corrected chi connectivity index (χ3v) is 9.82. The van der Waals surface area contributed by atoms with Crippen LogP contribution in [0.4, 0.5) is 15.9 Å². The van der Waals surface area contributed by atoms with Gasteiger partial charge in [0.2, 0.25) is 0 Å². The SMILES string of the molecule is CN1CCN(CCn2cc3c(n2)CCc2c-3sc3ncnc(Nc4ccc5c(cnn5Cc5cccc(F)c5)c4)c23)CC1. The summed E-state index contributed by atoms with van der Waals surface area (Å²) in [7, 11) is 2.19. The van der Waals surface area contributed by atoms with Gasteiger partial charge in [-0.25, -0.2) is 14.4 Å². The minimum atomic E-state index is -0.237. The van der Waals surface area contributed by atoms with Gasteiger partial charge in [0, 0.05) is 60.4 Å². The van der Waals surface area contributed by atoms with Gasteiger partial charge in [0.05, 0.1) is 35.9 Å². The Morgan fingerprint density at radius 3 is 2.79 bits per heavy atom. The monoisotopic (exact) mass is 593 g/mol. The van der Waals surface area contributed by atoms with Crippen LogP contribution in [0.25, 0.3) is 31.6 Å². The van der Waals surface area contributed by atoms with Crippen LogP contribution < -0.4 is 5.32 Å². The van der Waals surface area contributed by atoms with Gasteiger partial charge in [-0.2, -0.15) is 10.2 Å². The molecule has 11 heteroatoms. The number of likely N-dealkylation sites (N-methyl/N-ethyl adjacent to an activating group) is 1. The van der Waals surface area contributed by atoms with Crippen LogP contribution in [0.5, 0.6) is 0 Å². The van der Waals surface area contributed by atoms with Crippen LogP contribution in [0.15, 0.2) is 61.2 Å². The first-order chi connectivity index (χ1) is 21.1. The third kappa shape index (κ3) is 5.07. The van der Waals surface area contributed by atoms with Crippen LogP contribution in [-0.2, 0) is 25.9 Å². The zero-order chi connectivity index (χ0) is 28.9. The van der Waals surface area contributed by atoms with E-state index < -0.39 is 0 Å². The molecule has 6 aromatic rings. The van der Waals surface area contributed by atoms with E-state index in [4.69, 9.17) is 5.10 Å². The fraction of sp³-hybridized carbons (Fsp3) is 0.312. The minimum Gasteiger partial charge on any atom is -0.340 e. The van der Waals surface area contributed by atoms with Crippen molar-refractivity contribution < 1.29 is 4.39 Å². The van der Waals surface area contributed by atoms with Crippen molar-refractivity contribution in [2.45, 2.75) is 25.9 Å². The summed E-state index contributed by atoms with van der Waals surface area (Å²) in [5.74, 6) is 0.582. The number of fused-ring (bicyclic) bond motifs is 6. The molecule has 4 aromatic heterocycles. The second kappa shape index (κ2) is 10.8. The smallest absolute Gasteiger partial charge is 0.142 e. The number of benzene rings is 2. The summed E-state index contributed by atoms with van der Waals surface area (Å²) < 4.78 is 17.7. The summed E-state index contributed by atoms with van der Waals surface area (Å²) in [5, 5.41) is 15.2. The van der Waals surface area contributed by atoms with E-state index in [1.807, 2.05) is 29.1 Å². The van der Waals surface area contributed by atoms with Gasteiger partial charge in [-0.15, -0.1) is 11.3 Å². The highest BCUT2D eigenvalue weighted by molar-refractivity contribution is 7.22. The van der Waals surface area contributed by atoms with Crippen LogP contribution in [-0.4, -0.2) is 79.1 Å². The Morgan fingerprint density at radius 2 is 1.91 bits per heavy atom. The highest BCUT2D eigenvalue weighted by Crippen LogP contribution is 2.45. The normalized spacial score (nSPS) is 15.7. The predicted molar refractivity (Wildman–Crippen MR) is 168 cm³/mol. The summed E-state index contributed by atoms with van der Waals surface area (Å²) in [6, 6.07) is 12.8. The molecular formula is C32H32FN9S. The Kier molecular flexibility index (Phi) is 6.65. The van der Waals surface area contributed by atoms with Crippen LogP contribution in [0.3, 0.4) is 0 Å². The van der Waals surface area contributed by atoms with Crippen molar-refractivity contribution in [3.63, 3.8) is 0 Å². The number of piperazine rings is 1. The Balaban J connectivity index is 1.04. The number of thiophene rings is 1. The molecule has 218 valence electrons. The second-order valence-electron chi connectivity index (χ2n) is 11.5. The quantitative estimate of drug-likeness (QED) is 0.273. The largest absolute Gasteiger partial charge is 0.340 e. The highest BCUT2D eigenvalue weighted by Gasteiger charge is 2.26. The van der Waals surface area contributed by atoms with Crippen LogP contribution in [0.2, 0.25) is 0 Å². The lowest BCUT2D eigenvalue weighted by Crippen LogP contribution is -2.45. The molecule has 0 amide bonds. The summed E-state index contributed by atoms with van der Waals surface area (Å²) in [6.45, 7) is 6.95. The first kappa shape index (κ1) is 26.4. The van der Waals surface area contributed by atoms with E-state index in [1.54, 1.807) is 29.8 Å². The number of nitrogens with zero attached hydrogens (tertiary/aromatic N) is 8. The van der Waals surface area contributed by atoms with E-state index in [2.05, 4.69) is 54.2 Å². The first-order valence-electron chi connectivity index (χ1n) is 14.8. The van der Waals surface area contributed by atoms with Crippen LogP contribution in [0.1, 0.15) is 16.8 Å². The van der Waals surface area contributed by atoms with Crippen LogP contribution >= 0.6 is 11.3 Å². The number of aryl methyl sites for hydroxylation is 2. The molecule has 1 aliphatic heterocycles. The molecule has 1 fully saturated rings. The molecule has 2 aliphatic rings. The molecule has 1 aliphatic carbocycles. The summed E-state index contributed by atoms with van der Waals surface area (Å²) >= 11 is 1.73. The molecule has 0 atom stereocenters. The lowest BCUT2D eigenvalue weighted by atomic mass is 9.95. The molecule has 5 heterocycles. The standard InChI is InChI=1S/C32H32FN9S/c1-39-9-11-40(12-10-39)13-14-41-19-26-27(38-41)7-6-25-29-31(34-20-35-32(29)43-30(25)26)37-24-5-8-28-22(16-24)17-36-42(28)18-21-3-2-4-23(33)15-21/h2-5,8,15-17,19-20H,6-7,9-14,18H2,1H3,(H,34,35,37). The Morgan fingerprint density at radius 1 is 1.00 bits per heavy atom. The minimum absolute atomic E-state index is 0.237. The van der Waals surface area contributed by atoms with Crippen molar-refractivity contribution in [1.82, 2.24) is 39.3 Å². The number of rotatable bonds is 7. The number of halogens is 1. The second-order valence-corrected chi connectivity index (χ2v) is 12.5. The van der Waals surface area contributed by atoms with E-state index in [9.17, 15) is 4.39 Å². The summed E-state index contributed by atoms with van der Waals surface area (Å²) in [4.78, 5) is 16.5.